The van der Waals surface area contributed by atoms with E-state index in [9.17, 15) is 0 Å². The molecule has 0 saturated heterocycles. The fraction of sp³-hybridized carbons (Fsp3) is 0.350. The average Bonchev–Trinajstić information content (AvgIpc) is 2.68. The normalized spacial score (nSPS) is 18.7. The highest BCUT2D eigenvalue weighted by Gasteiger charge is 2.42. The summed E-state index contributed by atoms with van der Waals surface area (Å²) in [5.74, 6) is 1.46. The summed E-state index contributed by atoms with van der Waals surface area (Å²) in [5, 5.41) is 0. The zero-order valence-electron chi connectivity index (χ0n) is 15.2. The van der Waals surface area contributed by atoms with E-state index in [1.807, 2.05) is 41.3 Å². The van der Waals surface area contributed by atoms with Gasteiger partial charge in [0.15, 0.2) is 0 Å². The molecule has 0 unspecified atom stereocenters. The summed E-state index contributed by atoms with van der Waals surface area (Å²) in [6.45, 7) is 0.500. The number of aliphatic imine (C=N–C) groups is 2. The van der Waals surface area contributed by atoms with Crippen LogP contribution >= 0.6 is 0 Å². The molecule has 0 bridgehead atoms. The van der Waals surface area contributed by atoms with Gasteiger partial charge in [-0.2, -0.15) is 4.99 Å². The molecule has 0 radical (unpaired) electrons. The molecule has 4 rings (SSSR count). The quantitative estimate of drug-likeness (QED) is 0.868. The molecule has 1 aliphatic carbocycles. The van der Waals surface area contributed by atoms with Crippen molar-refractivity contribution in [2.75, 3.05) is 4.90 Å². The van der Waals surface area contributed by atoms with E-state index < -0.39 is 5.66 Å². The molecule has 2 heterocycles. The van der Waals surface area contributed by atoms with Gasteiger partial charge in [-0.25, -0.2) is 4.99 Å². The van der Waals surface area contributed by atoms with Crippen LogP contribution in [-0.4, -0.2) is 22.6 Å². The van der Waals surface area contributed by atoms with Gasteiger partial charge in [0.1, 0.15) is 18.0 Å². The standard InChI is InChI=1S/C20H24N6O/c21-18-24-19(22)26(20(25-18)10-2-1-3-11-20)16-4-6-17(7-5-16)27-14-15-8-12-23-13-9-15/h4-9,12-13H,1-3,10-11,14H2,(H4,21,22,24,25). The van der Waals surface area contributed by atoms with E-state index in [2.05, 4.69) is 9.98 Å². The van der Waals surface area contributed by atoms with E-state index >= 15 is 0 Å². The van der Waals surface area contributed by atoms with Crippen LogP contribution in [0.4, 0.5) is 5.69 Å². The van der Waals surface area contributed by atoms with Crippen molar-refractivity contribution in [2.24, 2.45) is 21.5 Å². The highest BCUT2D eigenvalue weighted by molar-refractivity contribution is 6.05. The predicted octanol–water partition coefficient (Wildman–Crippen LogP) is 2.77. The van der Waals surface area contributed by atoms with Crippen LogP contribution in [0.25, 0.3) is 0 Å². The van der Waals surface area contributed by atoms with Crippen molar-refractivity contribution in [3.05, 3.63) is 54.4 Å². The lowest BCUT2D eigenvalue weighted by molar-refractivity contribution is 0.303. The number of guanidine groups is 2. The number of nitrogens with zero attached hydrogens (tertiary/aromatic N) is 4. The van der Waals surface area contributed by atoms with Crippen molar-refractivity contribution >= 4 is 17.6 Å². The van der Waals surface area contributed by atoms with Gasteiger partial charge in [0.2, 0.25) is 11.9 Å². The summed E-state index contributed by atoms with van der Waals surface area (Å²) in [4.78, 5) is 14.9. The van der Waals surface area contributed by atoms with Crippen molar-refractivity contribution in [1.29, 1.82) is 0 Å². The average molecular weight is 364 g/mol. The van der Waals surface area contributed by atoms with Crippen molar-refractivity contribution < 1.29 is 4.74 Å². The van der Waals surface area contributed by atoms with E-state index in [1.165, 1.54) is 6.42 Å². The molecule has 1 aromatic heterocycles. The Kier molecular flexibility index (Phi) is 4.66. The number of anilines is 1. The first-order valence-corrected chi connectivity index (χ1v) is 9.28. The second-order valence-corrected chi connectivity index (χ2v) is 6.96. The van der Waals surface area contributed by atoms with Gasteiger partial charge in [-0.05, 0) is 67.6 Å². The topological polar surface area (TPSA) is 102 Å². The molecule has 7 heteroatoms. The fourth-order valence-electron chi connectivity index (χ4n) is 3.83. The van der Waals surface area contributed by atoms with Crippen LogP contribution in [0, 0.1) is 0 Å². The first-order valence-electron chi connectivity index (χ1n) is 9.28. The Morgan fingerprint density at radius 1 is 0.963 bits per heavy atom. The number of nitrogens with two attached hydrogens (primary N) is 2. The van der Waals surface area contributed by atoms with Crippen LogP contribution < -0.4 is 21.1 Å². The maximum Gasteiger partial charge on any atom is 0.220 e. The Morgan fingerprint density at radius 3 is 2.37 bits per heavy atom. The molecule has 1 fully saturated rings. The number of pyridine rings is 1. The smallest absolute Gasteiger partial charge is 0.220 e. The first-order chi connectivity index (χ1) is 13.2. The van der Waals surface area contributed by atoms with Crippen molar-refractivity contribution in [3.63, 3.8) is 0 Å². The van der Waals surface area contributed by atoms with Gasteiger partial charge in [-0.1, -0.05) is 6.42 Å². The van der Waals surface area contributed by atoms with Crippen LogP contribution in [0.3, 0.4) is 0 Å². The van der Waals surface area contributed by atoms with Crippen molar-refractivity contribution in [2.45, 2.75) is 44.4 Å². The van der Waals surface area contributed by atoms with Gasteiger partial charge in [0.05, 0.1) is 0 Å². The van der Waals surface area contributed by atoms with E-state index in [-0.39, 0.29) is 5.96 Å². The number of aromatic nitrogens is 1. The number of benzene rings is 1. The van der Waals surface area contributed by atoms with Gasteiger partial charge in [-0.15, -0.1) is 0 Å². The molecular formula is C20H24N6O. The van der Waals surface area contributed by atoms with E-state index in [0.717, 1.165) is 42.7 Å². The lowest BCUT2D eigenvalue weighted by atomic mass is 9.87. The van der Waals surface area contributed by atoms with E-state index in [4.69, 9.17) is 21.2 Å². The third kappa shape index (κ3) is 3.58. The van der Waals surface area contributed by atoms with Gasteiger partial charge in [0.25, 0.3) is 0 Å². The lowest BCUT2D eigenvalue weighted by Gasteiger charge is -2.45. The lowest BCUT2D eigenvalue weighted by Crippen LogP contribution is -2.58. The van der Waals surface area contributed by atoms with E-state index in [0.29, 0.717) is 12.6 Å². The molecule has 4 N–H and O–H groups in total. The van der Waals surface area contributed by atoms with Crippen molar-refractivity contribution in [1.82, 2.24) is 4.98 Å². The zero-order chi connectivity index (χ0) is 18.7. The van der Waals surface area contributed by atoms with Crippen LogP contribution in [0.2, 0.25) is 0 Å². The molecule has 27 heavy (non-hydrogen) atoms. The molecule has 0 amide bonds. The van der Waals surface area contributed by atoms with Crippen LogP contribution in [0.1, 0.15) is 37.7 Å². The summed E-state index contributed by atoms with van der Waals surface area (Å²) < 4.78 is 5.86. The second-order valence-electron chi connectivity index (χ2n) is 6.96. The van der Waals surface area contributed by atoms with Crippen molar-refractivity contribution in [3.8, 4) is 5.75 Å². The van der Waals surface area contributed by atoms with Crippen LogP contribution in [0.15, 0.2) is 58.8 Å². The Morgan fingerprint density at radius 2 is 1.67 bits per heavy atom. The van der Waals surface area contributed by atoms with Gasteiger partial charge in [0, 0.05) is 18.1 Å². The molecule has 1 saturated carbocycles. The monoisotopic (exact) mass is 364 g/mol. The molecule has 2 aliphatic rings. The predicted molar refractivity (Wildman–Crippen MR) is 107 cm³/mol. The van der Waals surface area contributed by atoms with Crippen LogP contribution in [0.5, 0.6) is 5.75 Å². The molecule has 1 spiro atoms. The van der Waals surface area contributed by atoms with E-state index in [1.54, 1.807) is 12.4 Å². The Balaban J connectivity index is 1.54. The molecule has 0 atom stereocenters. The number of ether oxygens (including phenoxy) is 1. The Hall–Kier alpha value is -3.09. The second kappa shape index (κ2) is 7.26. The SMILES string of the molecule is NC1=NC2(CCCCC2)N(c2ccc(OCc3ccncc3)cc2)C(N)=N1. The number of hydrogen-bond donors (Lipinski definition) is 2. The highest BCUT2D eigenvalue weighted by atomic mass is 16.5. The van der Waals surface area contributed by atoms with Crippen LogP contribution in [-0.2, 0) is 6.61 Å². The Labute approximate surface area is 158 Å². The fourth-order valence-corrected chi connectivity index (χ4v) is 3.83. The molecule has 7 nitrogen and oxygen atoms in total. The minimum Gasteiger partial charge on any atom is -0.489 e. The molecular weight excluding hydrogens is 340 g/mol. The maximum atomic E-state index is 6.26. The summed E-state index contributed by atoms with van der Waals surface area (Å²) in [6, 6.07) is 11.8. The van der Waals surface area contributed by atoms with Gasteiger partial charge in [-0.3, -0.25) is 9.88 Å². The minimum absolute atomic E-state index is 0.267. The molecule has 1 aromatic carbocycles. The van der Waals surface area contributed by atoms with Gasteiger partial charge < -0.3 is 16.2 Å². The third-order valence-electron chi connectivity index (χ3n) is 5.10. The number of hydrogen-bond acceptors (Lipinski definition) is 7. The summed E-state index contributed by atoms with van der Waals surface area (Å²) >= 11 is 0. The first kappa shape index (κ1) is 17.3. The largest absolute Gasteiger partial charge is 0.489 e. The minimum atomic E-state index is -0.423. The molecule has 1 aliphatic heterocycles. The zero-order valence-corrected chi connectivity index (χ0v) is 15.2. The highest BCUT2D eigenvalue weighted by Crippen LogP contribution is 2.39. The Bertz CT molecular complexity index is 841. The third-order valence-corrected chi connectivity index (χ3v) is 5.10. The number of rotatable bonds is 4. The molecule has 140 valence electrons. The summed E-state index contributed by atoms with van der Waals surface area (Å²) in [5.41, 5.74) is 13.8. The van der Waals surface area contributed by atoms with Gasteiger partial charge >= 0.3 is 0 Å². The maximum absolute atomic E-state index is 6.26. The molecule has 2 aromatic rings. The summed E-state index contributed by atoms with van der Waals surface area (Å²) in [7, 11) is 0. The summed E-state index contributed by atoms with van der Waals surface area (Å²) in [6.07, 6.45) is 8.78.